The highest BCUT2D eigenvalue weighted by atomic mass is 28.1. The summed E-state index contributed by atoms with van der Waals surface area (Å²) in [7, 11) is 1.05. The smallest absolute Gasteiger partial charge is 0.0749 e. The van der Waals surface area contributed by atoms with Gasteiger partial charge in [0.2, 0.25) is 0 Å². The monoisotopic (exact) mass is 214 g/mol. The lowest BCUT2D eigenvalue weighted by Gasteiger charge is -2.27. The molecule has 2 N–H and O–H groups in total. The van der Waals surface area contributed by atoms with E-state index < -0.39 is 0 Å². The molecule has 0 radical (unpaired) electrons. The van der Waals surface area contributed by atoms with Gasteiger partial charge in [-0.15, -0.1) is 6.58 Å². The highest BCUT2D eigenvalue weighted by molar-refractivity contribution is 6.21. The maximum Gasteiger partial charge on any atom is 0.0749 e. The van der Waals surface area contributed by atoms with Gasteiger partial charge in [-0.25, -0.2) is 0 Å². The third-order valence-corrected chi connectivity index (χ3v) is 3.20. The summed E-state index contributed by atoms with van der Waals surface area (Å²) < 4.78 is 0. The number of hydrogen-bond donors (Lipinski definition) is 2. The van der Waals surface area contributed by atoms with Gasteiger partial charge in [0.1, 0.15) is 0 Å². The van der Waals surface area contributed by atoms with E-state index in [-0.39, 0.29) is 0 Å². The fraction of sp³-hybridized carbons (Fsp3) is 0.818. The lowest BCUT2D eigenvalue weighted by Crippen LogP contribution is -2.50. The van der Waals surface area contributed by atoms with E-state index in [9.17, 15) is 0 Å². The predicted octanol–water partition coefficient (Wildman–Crippen LogP) is 0.968. The third kappa shape index (κ3) is 5.57. The van der Waals surface area contributed by atoms with E-state index in [1.54, 1.807) is 0 Å². The molecule has 0 rings (SSSR count). The molecule has 0 aromatic carbocycles. The van der Waals surface area contributed by atoms with Crippen molar-refractivity contribution in [2.24, 2.45) is 0 Å². The third-order valence-electron chi connectivity index (χ3n) is 2.62. The zero-order valence-corrected chi connectivity index (χ0v) is 12.4. The normalized spacial score (nSPS) is 17.7. The Morgan fingerprint density at radius 3 is 1.71 bits per heavy atom. The van der Waals surface area contributed by atoms with Gasteiger partial charge in [-0.3, -0.25) is 10.6 Å². The van der Waals surface area contributed by atoms with Crippen LogP contribution in [-0.2, 0) is 0 Å². The summed E-state index contributed by atoms with van der Waals surface area (Å²) in [6, 6.07) is 1.12. The van der Waals surface area contributed by atoms with E-state index in [1.807, 2.05) is 0 Å². The fourth-order valence-corrected chi connectivity index (χ4v) is 1.47. The van der Waals surface area contributed by atoms with Crippen LogP contribution in [0, 0.1) is 0 Å². The van der Waals surface area contributed by atoms with Crippen LogP contribution in [0.1, 0.15) is 40.5 Å². The first-order valence-corrected chi connectivity index (χ1v) is 6.68. The summed E-state index contributed by atoms with van der Waals surface area (Å²) in [4.78, 5) is 0. The molecule has 84 valence electrons. The lowest BCUT2D eigenvalue weighted by molar-refractivity contribution is 0.383. The van der Waals surface area contributed by atoms with Crippen LogP contribution in [0.25, 0.3) is 0 Å². The molecule has 2 atom stereocenters. The zero-order chi connectivity index (χ0) is 11.1. The summed E-state index contributed by atoms with van der Waals surface area (Å²) in [5.41, 5.74) is 0. The Morgan fingerprint density at radius 1 is 1.14 bits per heavy atom. The van der Waals surface area contributed by atoms with Crippen molar-refractivity contribution in [3.63, 3.8) is 0 Å². The molecule has 0 aliphatic rings. The molecular weight excluding hydrogens is 188 g/mol. The van der Waals surface area contributed by atoms with Gasteiger partial charge in [0.05, 0.1) is 6.17 Å². The predicted molar refractivity (Wildman–Crippen MR) is 68.6 cm³/mol. The van der Waals surface area contributed by atoms with Crippen molar-refractivity contribution in [1.82, 2.24) is 10.6 Å². The summed E-state index contributed by atoms with van der Waals surface area (Å²) in [6.45, 7) is 12.9. The van der Waals surface area contributed by atoms with Gasteiger partial charge in [-0.1, -0.05) is 19.0 Å². The van der Waals surface area contributed by atoms with Crippen LogP contribution >= 0.6 is 0 Å². The first kappa shape index (κ1) is 13.9. The van der Waals surface area contributed by atoms with Gasteiger partial charge in [0.15, 0.2) is 0 Å². The molecule has 0 aliphatic carbocycles. The van der Waals surface area contributed by atoms with Gasteiger partial charge >= 0.3 is 0 Å². The Balaban J connectivity index is 4.09. The first-order chi connectivity index (χ1) is 6.51. The van der Waals surface area contributed by atoms with Crippen LogP contribution in [0.2, 0.25) is 0 Å². The van der Waals surface area contributed by atoms with Crippen molar-refractivity contribution < 1.29 is 0 Å². The van der Waals surface area contributed by atoms with Crippen LogP contribution in [0.3, 0.4) is 0 Å². The average Bonchev–Trinajstić information content (AvgIpc) is 2.16. The minimum Gasteiger partial charge on any atom is -0.296 e. The quantitative estimate of drug-likeness (QED) is 0.487. The molecule has 2 nitrogen and oxygen atoms in total. The minimum absolute atomic E-state index is 0.312. The number of rotatable bonds is 7. The first-order valence-electron chi connectivity index (χ1n) is 5.68. The molecule has 0 aliphatic heterocycles. The molecule has 2 unspecified atom stereocenters. The maximum atomic E-state index is 4.07. The van der Waals surface area contributed by atoms with E-state index in [2.05, 4.69) is 44.9 Å². The van der Waals surface area contributed by atoms with Gasteiger partial charge in [0.25, 0.3) is 0 Å². The van der Waals surface area contributed by atoms with Crippen LogP contribution in [0.4, 0.5) is 0 Å². The summed E-state index contributed by atoms with van der Waals surface area (Å²) in [5.74, 6) is 0. The minimum atomic E-state index is 0.312. The molecule has 0 saturated heterocycles. The molecule has 0 spiro atoms. The van der Waals surface area contributed by atoms with Crippen molar-refractivity contribution in [3.8, 4) is 0 Å². The Labute approximate surface area is 92.0 Å². The van der Waals surface area contributed by atoms with Crippen molar-refractivity contribution in [2.75, 3.05) is 0 Å². The summed E-state index contributed by atoms with van der Waals surface area (Å²) >= 11 is 0. The zero-order valence-electron chi connectivity index (χ0n) is 10.4. The van der Waals surface area contributed by atoms with Crippen LogP contribution in [-0.4, -0.2) is 28.5 Å². The molecule has 0 amide bonds. The van der Waals surface area contributed by atoms with E-state index >= 15 is 0 Å². The fourth-order valence-electron chi connectivity index (χ4n) is 1.14. The molecule has 0 aromatic rings. The van der Waals surface area contributed by atoms with E-state index in [4.69, 9.17) is 0 Å². The molecule has 0 fully saturated rings. The summed E-state index contributed by atoms with van der Waals surface area (Å²) in [6.07, 6.45) is 2.63. The molecule has 0 aromatic heterocycles. The molecular formula is C11H26N2Si. The largest absolute Gasteiger partial charge is 0.296 e. The maximum absolute atomic E-state index is 4.07. The molecule has 14 heavy (non-hydrogen) atoms. The standard InChI is InChI=1S/C11H26N2Si/c1-6-8(3)12-11(10(5)14)13-9(4)7-2/h8-9,11-13H,5-7H2,1-4,14H3. The van der Waals surface area contributed by atoms with Gasteiger partial charge in [0, 0.05) is 22.3 Å². The van der Waals surface area contributed by atoms with Gasteiger partial charge in [-0.05, 0) is 26.7 Å². The Hall–Kier alpha value is -0.123. The number of hydrogen-bond acceptors (Lipinski definition) is 2. The van der Waals surface area contributed by atoms with E-state index in [0.717, 1.165) is 23.1 Å². The molecule has 0 saturated carbocycles. The topological polar surface area (TPSA) is 24.1 Å². The van der Waals surface area contributed by atoms with Crippen molar-refractivity contribution in [1.29, 1.82) is 0 Å². The van der Waals surface area contributed by atoms with Crippen molar-refractivity contribution in [2.45, 2.75) is 58.8 Å². The highest BCUT2D eigenvalue weighted by Gasteiger charge is 2.12. The average molecular weight is 214 g/mol. The lowest BCUT2D eigenvalue weighted by atomic mass is 10.2. The SMILES string of the molecule is C=C([SiH3])C(NC(C)CC)NC(C)CC. The van der Waals surface area contributed by atoms with Crippen molar-refractivity contribution >= 4 is 10.2 Å². The second-order valence-electron chi connectivity index (χ2n) is 4.23. The Morgan fingerprint density at radius 2 is 1.50 bits per heavy atom. The van der Waals surface area contributed by atoms with Crippen LogP contribution in [0.5, 0.6) is 0 Å². The van der Waals surface area contributed by atoms with Crippen molar-refractivity contribution in [3.05, 3.63) is 11.8 Å². The second-order valence-corrected chi connectivity index (χ2v) is 5.52. The molecule has 3 heteroatoms. The van der Waals surface area contributed by atoms with E-state index in [0.29, 0.717) is 18.2 Å². The summed E-state index contributed by atoms with van der Waals surface area (Å²) in [5, 5.41) is 8.41. The molecule has 0 bridgehead atoms. The van der Waals surface area contributed by atoms with Gasteiger partial charge in [-0.2, -0.15) is 0 Å². The molecule has 0 heterocycles. The highest BCUT2D eigenvalue weighted by Crippen LogP contribution is 1.99. The van der Waals surface area contributed by atoms with Gasteiger partial charge < -0.3 is 0 Å². The number of nitrogens with one attached hydrogen (secondary N) is 2. The Kier molecular flexibility index (Phi) is 7.14. The Bertz CT molecular complexity index is 159. The van der Waals surface area contributed by atoms with Crippen LogP contribution < -0.4 is 10.6 Å². The van der Waals surface area contributed by atoms with E-state index in [1.165, 1.54) is 5.20 Å². The van der Waals surface area contributed by atoms with Crippen LogP contribution in [0.15, 0.2) is 11.8 Å². The second kappa shape index (κ2) is 7.21.